The second kappa shape index (κ2) is 2.98. The molecule has 1 heterocycles. The van der Waals surface area contributed by atoms with Crippen LogP contribution in [0.2, 0.25) is 18.1 Å². The van der Waals surface area contributed by atoms with Crippen LogP contribution in [0.15, 0.2) is 10.6 Å². The molecule has 74 valence electrons. The lowest BCUT2D eigenvalue weighted by Gasteiger charge is -2.33. The van der Waals surface area contributed by atoms with Gasteiger partial charge in [-0.2, -0.15) is 0 Å². The van der Waals surface area contributed by atoms with Crippen molar-refractivity contribution in [2.75, 3.05) is 0 Å². The first-order chi connectivity index (χ1) is 5.75. The van der Waals surface area contributed by atoms with Gasteiger partial charge in [-0.1, -0.05) is 33.9 Å². The van der Waals surface area contributed by atoms with Gasteiger partial charge in [0.1, 0.15) is 5.76 Å². The number of aromatic nitrogens is 1. The van der Waals surface area contributed by atoms with E-state index < -0.39 is 8.07 Å². The van der Waals surface area contributed by atoms with Crippen molar-refractivity contribution in [2.45, 2.75) is 45.8 Å². The Bertz CT molecular complexity index is 296. The van der Waals surface area contributed by atoms with Gasteiger partial charge in [-0.3, -0.25) is 0 Å². The van der Waals surface area contributed by atoms with Crippen LogP contribution in [0.25, 0.3) is 0 Å². The maximum atomic E-state index is 5.63. The Hall–Kier alpha value is -0.573. The van der Waals surface area contributed by atoms with E-state index in [1.165, 1.54) is 0 Å². The van der Waals surface area contributed by atoms with Crippen LogP contribution in [0.3, 0.4) is 0 Å². The smallest absolute Gasteiger partial charge is 0.166 e. The molecule has 0 spiro atoms. The van der Waals surface area contributed by atoms with Crippen molar-refractivity contribution in [2.24, 2.45) is 0 Å². The highest BCUT2D eigenvalue weighted by Gasteiger charge is 2.41. The van der Waals surface area contributed by atoms with Crippen LogP contribution >= 0.6 is 0 Å². The average molecular weight is 197 g/mol. The van der Waals surface area contributed by atoms with Gasteiger partial charge in [-0.05, 0) is 12.0 Å². The molecule has 0 saturated heterocycles. The molecule has 0 bridgehead atoms. The standard InChI is InChI=1S/C10H19NOSi/c1-8-7-11-9(12-8)13(5,6)10(2,3)4/h7H,1-6H3. The summed E-state index contributed by atoms with van der Waals surface area (Å²) in [6, 6.07) is 0. The summed E-state index contributed by atoms with van der Waals surface area (Å²) in [5, 5.41) is 0.296. The van der Waals surface area contributed by atoms with Crippen LogP contribution in [-0.2, 0) is 0 Å². The fourth-order valence-electron chi connectivity index (χ4n) is 0.964. The third kappa shape index (κ3) is 1.85. The lowest BCUT2D eigenvalue weighted by atomic mass is 10.2. The monoisotopic (exact) mass is 197 g/mol. The normalized spacial score (nSPS) is 13.4. The quantitative estimate of drug-likeness (QED) is 0.647. The summed E-state index contributed by atoms with van der Waals surface area (Å²) in [7, 11) is -1.54. The van der Waals surface area contributed by atoms with Gasteiger partial charge in [0.25, 0.3) is 0 Å². The number of oxazole rings is 1. The molecule has 0 aliphatic heterocycles. The molecule has 0 amide bonds. The molecule has 1 aromatic rings. The molecule has 0 N–H and O–H groups in total. The van der Waals surface area contributed by atoms with Crippen LogP contribution in [0.4, 0.5) is 0 Å². The highest BCUT2D eigenvalue weighted by atomic mass is 28.3. The van der Waals surface area contributed by atoms with Crippen molar-refractivity contribution in [3.63, 3.8) is 0 Å². The van der Waals surface area contributed by atoms with E-state index in [0.29, 0.717) is 5.04 Å². The summed E-state index contributed by atoms with van der Waals surface area (Å²) in [6.07, 6.45) is 1.82. The Labute approximate surface area is 81.4 Å². The molecule has 13 heavy (non-hydrogen) atoms. The van der Waals surface area contributed by atoms with Gasteiger partial charge in [0, 0.05) is 0 Å². The predicted molar refractivity (Wildman–Crippen MR) is 58.1 cm³/mol. The summed E-state index contributed by atoms with van der Waals surface area (Å²) in [6.45, 7) is 13.3. The molecule has 0 aromatic carbocycles. The molecular weight excluding hydrogens is 178 g/mol. The summed E-state index contributed by atoms with van der Waals surface area (Å²) in [5.74, 6) is 0.917. The molecule has 0 aliphatic rings. The maximum absolute atomic E-state index is 5.63. The molecule has 1 rings (SSSR count). The van der Waals surface area contributed by atoms with Gasteiger partial charge in [0.15, 0.2) is 13.6 Å². The van der Waals surface area contributed by atoms with Gasteiger partial charge in [-0.15, -0.1) is 0 Å². The second-order valence-corrected chi connectivity index (χ2v) is 10.3. The fraction of sp³-hybridized carbons (Fsp3) is 0.700. The van der Waals surface area contributed by atoms with Crippen LogP contribution in [-0.4, -0.2) is 13.1 Å². The van der Waals surface area contributed by atoms with Gasteiger partial charge < -0.3 is 4.42 Å². The summed E-state index contributed by atoms with van der Waals surface area (Å²) in [5.41, 5.74) is 0.970. The predicted octanol–water partition coefficient (Wildman–Crippen LogP) is 2.70. The third-order valence-corrected chi connectivity index (χ3v) is 8.08. The Morgan fingerprint density at radius 3 is 2.15 bits per heavy atom. The van der Waals surface area contributed by atoms with Crippen LogP contribution in [0, 0.1) is 6.92 Å². The molecule has 1 aromatic heterocycles. The van der Waals surface area contributed by atoms with E-state index in [2.05, 4.69) is 38.8 Å². The number of nitrogens with zero attached hydrogens (tertiary/aromatic N) is 1. The zero-order valence-electron chi connectivity index (χ0n) is 9.43. The second-order valence-electron chi connectivity index (χ2n) is 5.15. The van der Waals surface area contributed by atoms with E-state index in [1.54, 1.807) is 0 Å². The van der Waals surface area contributed by atoms with Crippen molar-refractivity contribution in [3.05, 3.63) is 12.0 Å². The Morgan fingerprint density at radius 2 is 1.85 bits per heavy atom. The van der Waals surface area contributed by atoms with Crippen molar-refractivity contribution in [1.29, 1.82) is 0 Å². The number of rotatable bonds is 1. The molecule has 2 nitrogen and oxygen atoms in total. The highest BCUT2D eigenvalue weighted by Crippen LogP contribution is 2.35. The van der Waals surface area contributed by atoms with Gasteiger partial charge in [-0.25, -0.2) is 4.98 Å². The maximum Gasteiger partial charge on any atom is 0.166 e. The van der Waals surface area contributed by atoms with Gasteiger partial charge >= 0.3 is 0 Å². The zero-order valence-corrected chi connectivity index (χ0v) is 10.4. The first kappa shape index (κ1) is 10.5. The Morgan fingerprint density at radius 1 is 1.31 bits per heavy atom. The van der Waals surface area contributed by atoms with Crippen molar-refractivity contribution in [3.8, 4) is 0 Å². The largest absolute Gasteiger partial charge is 0.451 e. The van der Waals surface area contributed by atoms with Crippen molar-refractivity contribution >= 4 is 13.6 Å². The number of hydrogen-bond donors (Lipinski definition) is 0. The van der Waals surface area contributed by atoms with E-state index in [-0.39, 0.29) is 0 Å². The molecular formula is C10H19NOSi. The Balaban J connectivity index is 3.07. The minimum atomic E-state index is -1.54. The highest BCUT2D eigenvalue weighted by molar-refractivity contribution is 6.90. The van der Waals surface area contributed by atoms with E-state index in [4.69, 9.17) is 4.42 Å². The molecule has 0 atom stereocenters. The van der Waals surface area contributed by atoms with Crippen LogP contribution in [0.5, 0.6) is 0 Å². The third-order valence-electron chi connectivity index (χ3n) is 3.03. The summed E-state index contributed by atoms with van der Waals surface area (Å²) < 4.78 is 5.63. The topological polar surface area (TPSA) is 26.0 Å². The van der Waals surface area contributed by atoms with E-state index >= 15 is 0 Å². The molecule has 0 radical (unpaired) electrons. The van der Waals surface area contributed by atoms with Crippen LogP contribution < -0.4 is 5.51 Å². The van der Waals surface area contributed by atoms with Crippen molar-refractivity contribution < 1.29 is 4.42 Å². The van der Waals surface area contributed by atoms with Crippen LogP contribution in [0.1, 0.15) is 26.5 Å². The number of hydrogen-bond acceptors (Lipinski definition) is 2. The first-order valence-electron chi connectivity index (χ1n) is 4.68. The lowest BCUT2D eigenvalue weighted by molar-refractivity contribution is 0.550. The Kier molecular flexibility index (Phi) is 2.41. The minimum absolute atomic E-state index is 0.296. The minimum Gasteiger partial charge on any atom is -0.451 e. The molecule has 3 heteroatoms. The fourth-order valence-corrected chi connectivity index (χ4v) is 2.41. The van der Waals surface area contributed by atoms with Gasteiger partial charge in [0.2, 0.25) is 0 Å². The van der Waals surface area contributed by atoms with E-state index in [9.17, 15) is 0 Å². The average Bonchev–Trinajstić information content (AvgIpc) is 2.33. The molecule has 0 fully saturated rings. The van der Waals surface area contributed by atoms with Crippen molar-refractivity contribution in [1.82, 2.24) is 4.98 Å². The molecule has 0 unspecified atom stereocenters. The SMILES string of the molecule is Cc1cnc([Si](C)(C)C(C)(C)C)o1. The zero-order chi connectivity index (χ0) is 10.3. The molecule has 0 saturated carbocycles. The molecule has 0 aliphatic carbocycles. The van der Waals surface area contributed by atoms with E-state index in [0.717, 1.165) is 11.3 Å². The summed E-state index contributed by atoms with van der Waals surface area (Å²) in [4.78, 5) is 4.35. The van der Waals surface area contributed by atoms with E-state index in [1.807, 2.05) is 13.1 Å². The van der Waals surface area contributed by atoms with Gasteiger partial charge in [0.05, 0.1) is 6.20 Å². The first-order valence-corrected chi connectivity index (χ1v) is 7.68. The summed E-state index contributed by atoms with van der Waals surface area (Å²) >= 11 is 0. The number of aryl methyl sites for hydroxylation is 1. The lowest BCUT2D eigenvalue weighted by Crippen LogP contribution is -2.50.